The van der Waals surface area contributed by atoms with E-state index in [0.29, 0.717) is 17.8 Å². The molecule has 1 amide bonds. The Morgan fingerprint density at radius 2 is 1.92 bits per heavy atom. The molecule has 6 heteroatoms. The molecule has 4 rings (SSSR count). The van der Waals surface area contributed by atoms with E-state index in [2.05, 4.69) is 20.4 Å². The fourth-order valence-electron chi connectivity index (χ4n) is 2.98. The number of benzene rings is 1. The third-order valence-electron chi connectivity index (χ3n) is 4.21. The lowest BCUT2D eigenvalue weighted by Gasteiger charge is -2.09. The van der Waals surface area contributed by atoms with E-state index in [4.69, 9.17) is 0 Å². The van der Waals surface area contributed by atoms with Gasteiger partial charge < -0.3 is 5.32 Å². The molecule has 3 heterocycles. The van der Waals surface area contributed by atoms with Gasteiger partial charge in [-0.3, -0.25) is 9.78 Å². The van der Waals surface area contributed by atoms with Gasteiger partial charge in [0.25, 0.3) is 5.91 Å². The molecule has 3 aromatic heterocycles. The normalized spacial score (nSPS) is 10.8. The quantitative estimate of drug-likeness (QED) is 0.614. The number of pyridine rings is 2. The Labute approximate surface area is 150 Å². The zero-order valence-electron chi connectivity index (χ0n) is 14.3. The Hall–Kier alpha value is -3.54. The molecule has 0 saturated heterocycles. The van der Waals surface area contributed by atoms with Crippen LogP contribution < -0.4 is 5.32 Å². The van der Waals surface area contributed by atoms with Gasteiger partial charge in [0.2, 0.25) is 0 Å². The molecule has 128 valence electrons. The Morgan fingerprint density at radius 3 is 2.73 bits per heavy atom. The fourth-order valence-corrected chi connectivity index (χ4v) is 2.98. The maximum Gasteiger partial charge on any atom is 0.259 e. The average molecular weight is 343 g/mol. The second kappa shape index (κ2) is 6.76. The van der Waals surface area contributed by atoms with E-state index in [0.717, 1.165) is 22.3 Å². The largest absolute Gasteiger partial charge is 0.321 e. The highest BCUT2D eigenvalue weighted by Crippen LogP contribution is 2.23. The van der Waals surface area contributed by atoms with Gasteiger partial charge in [0.05, 0.1) is 28.7 Å². The van der Waals surface area contributed by atoms with Gasteiger partial charge in [-0.05, 0) is 42.8 Å². The molecule has 0 aliphatic heterocycles. The van der Waals surface area contributed by atoms with Crippen LogP contribution in [0.15, 0.2) is 67.1 Å². The smallest absolute Gasteiger partial charge is 0.259 e. The average Bonchev–Trinajstić information content (AvgIpc) is 3.13. The predicted octanol–water partition coefficient (Wildman–Crippen LogP) is 3.63. The lowest BCUT2D eigenvalue weighted by atomic mass is 10.1. The number of nitrogens with zero attached hydrogens (tertiary/aromatic N) is 4. The van der Waals surface area contributed by atoms with Crippen molar-refractivity contribution in [1.29, 1.82) is 0 Å². The maximum absolute atomic E-state index is 12.9. The molecule has 0 fully saturated rings. The van der Waals surface area contributed by atoms with Crippen molar-refractivity contribution in [3.05, 3.63) is 78.4 Å². The summed E-state index contributed by atoms with van der Waals surface area (Å²) in [6.45, 7) is 2.00. The van der Waals surface area contributed by atoms with Crippen LogP contribution in [0.4, 0.5) is 5.69 Å². The van der Waals surface area contributed by atoms with Crippen molar-refractivity contribution in [3.8, 4) is 5.82 Å². The number of aromatic nitrogens is 4. The number of hydrogen-bond acceptors (Lipinski definition) is 4. The predicted molar refractivity (Wildman–Crippen MR) is 100 cm³/mol. The van der Waals surface area contributed by atoms with Gasteiger partial charge in [0.1, 0.15) is 0 Å². The molecule has 0 bridgehead atoms. The first kappa shape index (κ1) is 16.0. The van der Waals surface area contributed by atoms with Crippen molar-refractivity contribution in [2.24, 2.45) is 0 Å². The first-order valence-corrected chi connectivity index (χ1v) is 8.41. The molecule has 4 aromatic rings. The lowest BCUT2D eigenvalue weighted by molar-refractivity contribution is 0.102. The minimum Gasteiger partial charge on any atom is -0.321 e. The van der Waals surface area contributed by atoms with E-state index in [-0.39, 0.29) is 5.91 Å². The second-order valence-corrected chi connectivity index (χ2v) is 5.79. The molecule has 26 heavy (non-hydrogen) atoms. The Bertz CT molecular complexity index is 1070. The minimum atomic E-state index is -0.194. The zero-order chi connectivity index (χ0) is 17.9. The highest BCUT2D eigenvalue weighted by atomic mass is 16.1. The van der Waals surface area contributed by atoms with Gasteiger partial charge in [0.15, 0.2) is 5.82 Å². The first-order valence-electron chi connectivity index (χ1n) is 8.41. The number of rotatable bonds is 4. The topological polar surface area (TPSA) is 72.7 Å². The highest BCUT2D eigenvalue weighted by molar-refractivity contribution is 6.09. The summed E-state index contributed by atoms with van der Waals surface area (Å²) in [5.74, 6) is 0.498. The highest BCUT2D eigenvalue weighted by Gasteiger charge is 2.18. The maximum atomic E-state index is 12.9. The summed E-state index contributed by atoms with van der Waals surface area (Å²) in [5.41, 5.74) is 2.93. The SMILES string of the molecule is CCc1c(C(=O)Nc2cccc3ncccc23)cnn1-c1ccccn1. The Balaban J connectivity index is 1.70. The van der Waals surface area contributed by atoms with Crippen molar-refractivity contribution in [2.45, 2.75) is 13.3 Å². The van der Waals surface area contributed by atoms with Crippen LogP contribution in [0.1, 0.15) is 23.0 Å². The summed E-state index contributed by atoms with van der Waals surface area (Å²) in [5, 5.41) is 8.25. The lowest BCUT2D eigenvalue weighted by Crippen LogP contribution is -2.14. The molecule has 0 unspecified atom stereocenters. The molecule has 1 N–H and O–H groups in total. The van der Waals surface area contributed by atoms with E-state index in [1.165, 1.54) is 0 Å². The number of carbonyl (C=O) groups excluding carboxylic acids is 1. The monoisotopic (exact) mass is 343 g/mol. The van der Waals surface area contributed by atoms with Gasteiger partial charge in [-0.15, -0.1) is 0 Å². The van der Waals surface area contributed by atoms with Crippen LogP contribution in [0.2, 0.25) is 0 Å². The summed E-state index contributed by atoms with van der Waals surface area (Å²) in [7, 11) is 0. The van der Waals surface area contributed by atoms with Crippen LogP contribution in [0.5, 0.6) is 0 Å². The van der Waals surface area contributed by atoms with Gasteiger partial charge in [-0.1, -0.05) is 19.1 Å². The molecule has 6 nitrogen and oxygen atoms in total. The molecular formula is C20H17N5O. The van der Waals surface area contributed by atoms with E-state index < -0.39 is 0 Å². The molecule has 0 spiro atoms. The molecule has 0 atom stereocenters. The standard InChI is InChI=1S/C20H17N5O/c1-2-18-15(13-23-25(18)19-10-3-4-11-22-19)20(26)24-17-9-5-8-16-14(17)7-6-12-21-16/h3-13H,2H2,1H3,(H,24,26). The van der Waals surface area contributed by atoms with Crippen LogP contribution in [0, 0.1) is 0 Å². The molecule has 1 aromatic carbocycles. The molecule has 0 radical (unpaired) electrons. The third-order valence-corrected chi connectivity index (χ3v) is 4.21. The van der Waals surface area contributed by atoms with E-state index in [1.807, 2.05) is 55.5 Å². The van der Waals surface area contributed by atoms with E-state index >= 15 is 0 Å². The number of hydrogen-bond donors (Lipinski definition) is 1. The third kappa shape index (κ3) is 2.82. The Kier molecular flexibility index (Phi) is 4.15. The van der Waals surface area contributed by atoms with Gasteiger partial charge in [-0.25, -0.2) is 9.67 Å². The van der Waals surface area contributed by atoms with Crippen LogP contribution in [-0.2, 0) is 6.42 Å². The summed E-state index contributed by atoms with van der Waals surface area (Å²) >= 11 is 0. The van der Waals surface area contributed by atoms with Crippen molar-refractivity contribution in [1.82, 2.24) is 19.7 Å². The summed E-state index contributed by atoms with van der Waals surface area (Å²) in [4.78, 5) is 21.5. The summed E-state index contributed by atoms with van der Waals surface area (Å²) in [6, 6.07) is 15.1. The number of nitrogens with one attached hydrogen (secondary N) is 1. The molecule has 0 aliphatic rings. The summed E-state index contributed by atoms with van der Waals surface area (Å²) in [6.07, 6.45) is 5.70. The van der Waals surface area contributed by atoms with Crippen LogP contribution >= 0.6 is 0 Å². The molecule has 0 saturated carbocycles. The first-order chi connectivity index (χ1) is 12.8. The molecular weight excluding hydrogens is 326 g/mol. The van der Waals surface area contributed by atoms with Crippen molar-refractivity contribution < 1.29 is 4.79 Å². The van der Waals surface area contributed by atoms with Crippen LogP contribution in [0.3, 0.4) is 0 Å². The Morgan fingerprint density at radius 1 is 1.04 bits per heavy atom. The molecule has 0 aliphatic carbocycles. The second-order valence-electron chi connectivity index (χ2n) is 5.79. The van der Waals surface area contributed by atoms with Crippen molar-refractivity contribution in [2.75, 3.05) is 5.32 Å². The van der Waals surface area contributed by atoms with Gasteiger partial charge >= 0.3 is 0 Å². The van der Waals surface area contributed by atoms with Gasteiger partial charge in [0, 0.05) is 17.8 Å². The number of carbonyl (C=O) groups is 1. The minimum absolute atomic E-state index is 0.194. The van der Waals surface area contributed by atoms with Crippen molar-refractivity contribution in [3.63, 3.8) is 0 Å². The van der Waals surface area contributed by atoms with Crippen LogP contribution in [0.25, 0.3) is 16.7 Å². The number of fused-ring (bicyclic) bond motifs is 1. The van der Waals surface area contributed by atoms with Crippen molar-refractivity contribution >= 4 is 22.5 Å². The van der Waals surface area contributed by atoms with E-state index in [9.17, 15) is 4.79 Å². The summed E-state index contributed by atoms with van der Waals surface area (Å²) < 4.78 is 1.71. The fraction of sp³-hybridized carbons (Fsp3) is 0.100. The van der Waals surface area contributed by atoms with Crippen LogP contribution in [-0.4, -0.2) is 25.7 Å². The number of anilines is 1. The zero-order valence-corrected chi connectivity index (χ0v) is 14.3. The van der Waals surface area contributed by atoms with Gasteiger partial charge in [-0.2, -0.15) is 5.10 Å². The number of amides is 1. The van der Waals surface area contributed by atoms with E-state index in [1.54, 1.807) is 23.3 Å².